The second-order valence-electron chi connectivity index (χ2n) is 4.73. The van der Waals surface area contributed by atoms with Gasteiger partial charge >= 0.3 is 0 Å². The van der Waals surface area contributed by atoms with Crippen LogP contribution in [0.15, 0.2) is 23.3 Å². The Morgan fingerprint density at radius 3 is 1.76 bits per heavy atom. The molecule has 1 fully saturated rings. The predicted molar refractivity (Wildman–Crippen MR) is 55.1 cm³/mol. The average molecular weight is 218 g/mol. The van der Waals surface area contributed by atoms with E-state index >= 15 is 0 Å². The van der Waals surface area contributed by atoms with Crippen molar-refractivity contribution in [2.24, 2.45) is 22.7 Å². The third kappa shape index (κ3) is 0.750. The van der Waals surface area contributed by atoms with Gasteiger partial charge in [0, 0.05) is 23.0 Å². The minimum atomic E-state index is -0.873. The lowest BCUT2D eigenvalue weighted by Gasteiger charge is -2.21. The summed E-state index contributed by atoms with van der Waals surface area (Å²) in [6.07, 6.45) is 3.81. The van der Waals surface area contributed by atoms with Crippen LogP contribution in [0.4, 0.5) is 0 Å². The van der Waals surface area contributed by atoms with E-state index in [1.54, 1.807) is 12.2 Å². The van der Waals surface area contributed by atoms with E-state index in [9.17, 15) is 10.5 Å². The van der Waals surface area contributed by atoms with Gasteiger partial charge in [-0.2, -0.15) is 21.0 Å². The first-order valence-corrected chi connectivity index (χ1v) is 5.27. The van der Waals surface area contributed by atoms with E-state index in [0.29, 0.717) is 17.6 Å². The van der Waals surface area contributed by atoms with E-state index in [4.69, 9.17) is 10.5 Å². The van der Waals surface area contributed by atoms with Crippen LogP contribution in [-0.2, 0) is 0 Å². The van der Waals surface area contributed by atoms with Crippen LogP contribution in [0.25, 0.3) is 0 Å². The highest BCUT2D eigenvalue weighted by Gasteiger charge is 2.79. The van der Waals surface area contributed by atoms with Gasteiger partial charge in [0.2, 0.25) is 0 Å². The maximum absolute atomic E-state index is 9.31. The van der Waals surface area contributed by atoms with Crippen molar-refractivity contribution in [1.29, 1.82) is 21.0 Å². The average Bonchev–Trinajstić information content (AvgIpc) is 3.02. The Balaban J connectivity index is 2.32. The van der Waals surface area contributed by atoms with E-state index in [0.717, 1.165) is 0 Å². The number of nitriles is 4. The summed E-state index contributed by atoms with van der Waals surface area (Å²) in [5.41, 5.74) is -0.820. The van der Waals surface area contributed by atoms with Gasteiger partial charge in [-0.1, -0.05) is 0 Å². The van der Waals surface area contributed by atoms with Gasteiger partial charge in [0.25, 0.3) is 0 Å². The van der Waals surface area contributed by atoms with E-state index in [1.807, 2.05) is 0 Å². The Morgan fingerprint density at radius 1 is 0.941 bits per heavy atom. The molecule has 3 rings (SSSR count). The molecule has 78 valence electrons. The van der Waals surface area contributed by atoms with Crippen molar-refractivity contribution >= 4 is 0 Å². The van der Waals surface area contributed by atoms with Crippen molar-refractivity contribution in [2.75, 3.05) is 0 Å². The highest BCUT2D eigenvalue weighted by atomic mass is 14.8. The fourth-order valence-corrected chi connectivity index (χ4v) is 3.39. The molecule has 2 unspecified atom stereocenters. The molecule has 0 spiro atoms. The zero-order valence-corrected chi connectivity index (χ0v) is 8.81. The van der Waals surface area contributed by atoms with Crippen LogP contribution in [0, 0.1) is 68.0 Å². The molecule has 4 nitrogen and oxygen atoms in total. The predicted octanol–water partition coefficient (Wildman–Crippen LogP) is 1.57. The lowest BCUT2D eigenvalue weighted by atomic mass is 9.78. The fourth-order valence-electron chi connectivity index (χ4n) is 3.39. The monoisotopic (exact) mass is 218 g/mol. The van der Waals surface area contributed by atoms with Gasteiger partial charge < -0.3 is 0 Å². The zero-order chi connectivity index (χ0) is 12.3. The Kier molecular flexibility index (Phi) is 1.46. The molecule has 4 atom stereocenters. The van der Waals surface area contributed by atoms with E-state index in [1.165, 1.54) is 0 Å². The molecule has 17 heavy (non-hydrogen) atoms. The molecule has 0 aromatic heterocycles. The van der Waals surface area contributed by atoms with Gasteiger partial charge in [0.05, 0.1) is 24.3 Å². The largest absolute Gasteiger partial charge is 0.197 e. The van der Waals surface area contributed by atoms with Crippen LogP contribution in [0.2, 0.25) is 0 Å². The Labute approximate surface area is 98.3 Å². The first kappa shape index (κ1) is 9.65. The summed E-state index contributed by atoms with van der Waals surface area (Å²) in [5, 5.41) is 36.8. The molecule has 0 radical (unpaired) electrons. The number of rotatable bonds is 0. The lowest BCUT2D eigenvalue weighted by molar-refractivity contribution is 0.505. The summed E-state index contributed by atoms with van der Waals surface area (Å²) in [6.45, 7) is 0. The Morgan fingerprint density at radius 2 is 1.41 bits per heavy atom. The first-order chi connectivity index (χ1) is 8.19. The van der Waals surface area contributed by atoms with E-state index < -0.39 is 10.8 Å². The van der Waals surface area contributed by atoms with Gasteiger partial charge in [-0.05, 0) is 18.6 Å². The minimum Gasteiger partial charge on any atom is -0.197 e. The molecule has 3 aliphatic carbocycles. The molecule has 0 aromatic rings. The van der Waals surface area contributed by atoms with Crippen molar-refractivity contribution in [2.45, 2.75) is 6.42 Å². The molecule has 0 N–H and O–H groups in total. The van der Waals surface area contributed by atoms with Crippen molar-refractivity contribution in [3.05, 3.63) is 23.3 Å². The molecule has 0 heterocycles. The van der Waals surface area contributed by atoms with Crippen molar-refractivity contribution in [3.8, 4) is 24.3 Å². The Hall–Kier alpha value is -2.56. The summed E-state index contributed by atoms with van der Waals surface area (Å²) in [7, 11) is 0. The molecule has 4 heteroatoms. The number of hydrogen-bond acceptors (Lipinski definition) is 4. The number of allylic oxidation sites excluding steroid dienone is 4. The highest BCUT2D eigenvalue weighted by Crippen LogP contribution is 2.77. The minimum absolute atomic E-state index is 0.0517. The molecule has 0 saturated heterocycles. The standard InChI is InChI=1S/C13H6N4/c14-4-8-2-12(6-16)11-1-10(8)9(5-15)3-13(11,12)7-17/h2-3,10-11H,1H2/t10?,11?,12-,13+. The summed E-state index contributed by atoms with van der Waals surface area (Å²) in [5.74, 6) is -0.260. The molecule has 0 aliphatic heterocycles. The fraction of sp³-hybridized carbons (Fsp3) is 0.385. The van der Waals surface area contributed by atoms with Crippen LogP contribution in [0.3, 0.4) is 0 Å². The molecule has 1 saturated carbocycles. The molecular weight excluding hydrogens is 212 g/mol. The lowest BCUT2D eigenvalue weighted by Crippen LogP contribution is -2.16. The van der Waals surface area contributed by atoms with Gasteiger partial charge in [-0.15, -0.1) is 0 Å². The Bertz CT molecular complexity index is 601. The van der Waals surface area contributed by atoms with Crippen molar-refractivity contribution in [3.63, 3.8) is 0 Å². The second-order valence-corrected chi connectivity index (χ2v) is 4.73. The van der Waals surface area contributed by atoms with Gasteiger partial charge in [-0.25, -0.2) is 0 Å². The van der Waals surface area contributed by atoms with Crippen LogP contribution in [0.1, 0.15) is 6.42 Å². The summed E-state index contributed by atoms with van der Waals surface area (Å²) in [4.78, 5) is 0. The molecule has 2 bridgehead atoms. The SMILES string of the molecule is N#CC1=C[C@@]2(C#N)C3CC1C(C#N)=C[C@]32C#N. The van der Waals surface area contributed by atoms with E-state index in [2.05, 4.69) is 24.3 Å². The van der Waals surface area contributed by atoms with Crippen LogP contribution >= 0.6 is 0 Å². The van der Waals surface area contributed by atoms with E-state index in [-0.39, 0.29) is 11.8 Å². The number of fused-ring (bicyclic) bond motifs is 2. The van der Waals surface area contributed by atoms with Gasteiger partial charge in [0.15, 0.2) is 0 Å². The topological polar surface area (TPSA) is 95.2 Å². The maximum atomic E-state index is 9.31. The summed E-state index contributed by atoms with van der Waals surface area (Å²) >= 11 is 0. The zero-order valence-electron chi connectivity index (χ0n) is 8.81. The highest BCUT2D eigenvalue weighted by molar-refractivity contribution is 5.60. The summed E-state index contributed by atoms with van der Waals surface area (Å²) < 4.78 is 0. The van der Waals surface area contributed by atoms with Crippen LogP contribution in [0.5, 0.6) is 0 Å². The number of hydrogen-bond donors (Lipinski definition) is 0. The smallest absolute Gasteiger partial charge is 0.104 e. The molecule has 3 aliphatic rings. The van der Waals surface area contributed by atoms with Crippen LogP contribution < -0.4 is 0 Å². The normalized spacial score (nSPS) is 44.0. The quantitative estimate of drug-likeness (QED) is 0.616. The molecule has 0 amide bonds. The van der Waals surface area contributed by atoms with Gasteiger partial charge in [0.1, 0.15) is 10.8 Å². The molecular formula is C13H6N4. The maximum Gasteiger partial charge on any atom is 0.104 e. The molecule has 0 aromatic carbocycles. The summed E-state index contributed by atoms with van der Waals surface area (Å²) in [6, 6.07) is 8.48. The van der Waals surface area contributed by atoms with Crippen LogP contribution in [-0.4, -0.2) is 0 Å². The second kappa shape index (κ2) is 2.57. The third-order valence-corrected chi connectivity index (χ3v) is 4.32. The van der Waals surface area contributed by atoms with Crippen molar-refractivity contribution in [1.82, 2.24) is 0 Å². The number of nitrogens with zero attached hydrogens (tertiary/aromatic N) is 4. The third-order valence-electron chi connectivity index (χ3n) is 4.32. The van der Waals surface area contributed by atoms with Gasteiger partial charge in [-0.3, -0.25) is 0 Å². The first-order valence-electron chi connectivity index (χ1n) is 5.27. The van der Waals surface area contributed by atoms with Crippen molar-refractivity contribution < 1.29 is 0 Å².